The smallest absolute Gasteiger partial charge is 0.314 e. The Balaban J connectivity index is 2.09. The van der Waals surface area contributed by atoms with E-state index < -0.39 is 11.4 Å². The summed E-state index contributed by atoms with van der Waals surface area (Å²) in [5, 5.41) is 9.78. The molecule has 108 valence electrons. The predicted molar refractivity (Wildman–Crippen MR) is 77.5 cm³/mol. The highest BCUT2D eigenvalue weighted by atomic mass is 79.9. The van der Waals surface area contributed by atoms with Crippen LogP contribution < -0.4 is 9.47 Å². The molecule has 1 heterocycles. The van der Waals surface area contributed by atoms with Gasteiger partial charge in [0.15, 0.2) is 11.5 Å². The first-order chi connectivity index (χ1) is 9.63. The van der Waals surface area contributed by atoms with Crippen molar-refractivity contribution < 1.29 is 19.4 Å². The molecule has 0 saturated heterocycles. The average molecular weight is 341 g/mol. The van der Waals surface area contributed by atoms with Crippen LogP contribution in [0.15, 0.2) is 16.6 Å². The summed E-state index contributed by atoms with van der Waals surface area (Å²) in [7, 11) is 0. The van der Waals surface area contributed by atoms with E-state index >= 15 is 0 Å². The van der Waals surface area contributed by atoms with E-state index in [0.717, 1.165) is 29.3 Å². The number of carboxylic acid groups (broad SMARTS) is 1. The van der Waals surface area contributed by atoms with Crippen LogP contribution in [0, 0.1) is 0 Å². The molecule has 1 fully saturated rings. The van der Waals surface area contributed by atoms with Gasteiger partial charge in [0.05, 0.1) is 5.41 Å². The topological polar surface area (TPSA) is 55.8 Å². The van der Waals surface area contributed by atoms with Gasteiger partial charge < -0.3 is 14.6 Å². The van der Waals surface area contributed by atoms with Crippen molar-refractivity contribution in [2.24, 2.45) is 0 Å². The normalized spacial score (nSPS) is 20.4. The van der Waals surface area contributed by atoms with Crippen LogP contribution in [0.1, 0.15) is 37.7 Å². The fourth-order valence-corrected chi connectivity index (χ4v) is 3.89. The molecule has 1 N–H and O–H groups in total. The van der Waals surface area contributed by atoms with Crippen molar-refractivity contribution >= 4 is 21.9 Å². The van der Waals surface area contributed by atoms with Crippen molar-refractivity contribution in [3.8, 4) is 11.5 Å². The van der Waals surface area contributed by atoms with Crippen LogP contribution in [-0.2, 0) is 10.2 Å². The highest BCUT2D eigenvalue weighted by Gasteiger charge is 2.43. The first-order valence-electron chi connectivity index (χ1n) is 6.96. The lowest BCUT2D eigenvalue weighted by atomic mass is 9.69. The number of halogens is 1. The second-order valence-corrected chi connectivity index (χ2v) is 6.28. The molecular formula is C15H17BrO4. The fraction of sp³-hybridized carbons (Fsp3) is 0.533. The van der Waals surface area contributed by atoms with Gasteiger partial charge in [0.1, 0.15) is 13.2 Å². The highest BCUT2D eigenvalue weighted by molar-refractivity contribution is 9.10. The van der Waals surface area contributed by atoms with Crippen LogP contribution in [-0.4, -0.2) is 24.3 Å². The third-order valence-electron chi connectivity index (χ3n) is 4.26. The Kier molecular flexibility index (Phi) is 3.63. The average Bonchev–Trinajstić information content (AvgIpc) is 2.47. The molecular weight excluding hydrogens is 324 g/mol. The van der Waals surface area contributed by atoms with Gasteiger partial charge in [-0.3, -0.25) is 4.79 Å². The quantitative estimate of drug-likeness (QED) is 0.894. The summed E-state index contributed by atoms with van der Waals surface area (Å²) in [6.45, 7) is 1.04. The largest absolute Gasteiger partial charge is 0.486 e. The van der Waals surface area contributed by atoms with Crippen LogP contribution in [0.25, 0.3) is 0 Å². The van der Waals surface area contributed by atoms with Gasteiger partial charge in [-0.15, -0.1) is 0 Å². The molecule has 1 aliphatic heterocycles. The number of ether oxygens (including phenoxy) is 2. The standard InChI is InChI=1S/C15H17BrO4/c16-11-9-13-12(19-6-7-20-13)8-10(11)15(14(17)18)4-2-1-3-5-15/h8-9H,1-7H2,(H,17,18). The minimum absolute atomic E-state index is 0.508. The minimum Gasteiger partial charge on any atom is -0.486 e. The van der Waals surface area contributed by atoms with Gasteiger partial charge in [-0.25, -0.2) is 0 Å². The SMILES string of the molecule is O=C(O)C1(c2cc3c(cc2Br)OCCO3)CCCCC1. The first kappa shape index (κ1) is 13.7. The van der Waals surface area contributed by atoms with Crippen molar-refractivity contribution in [3.63, 3.8) is 0 Å². The molecule has 0 amide bonds. The summed E-state index contributed by atoms with van der Waals surface area (Å²) in [6.07, 6.45) is 4.37. The number of fused-ring (bicyclic) bond motifs is 1. The maximum Gasteiger partial charge on any atom is 0.314 e. The number of rotatable bonds is 2. The highest BCUT2D eigenvalue weighted by Crippen LogP contribution is 2.46. The van der Waals surface area contributed by atoms with Crippen LogP contribution in [0.5, 0.6) is 11.5 Å². The molecule has 4 nitrogen and oxygen atoms in total. The van der Waals surface area contributed by atoms with Gasteiger partial charge in [0.2, 0.25) is 0 Å². The van der Waals surface area contributed by atoms with Crippen LogP contribution in [0.3, 0.4) is 0 Å². The van der Waals surface area contributed by atoms with Gasteiger partial charge in [-0.2, -0.15) is 0 Å². The molecule has 1 aliphatic carbocycles. The van der Waals surface area contributed by atoms with E-state index in [1.165, 1.54) is 0 Å². The fourth-order valence-electron chi connectivity index (χ4n) is 3.18. The molecule has 0 aromatic heterocycles. The summed E-state index contributed by atoms with van der Waals surface area (Å²) in [5.74, 6) is 0.596. The Morgan fingerprint density at radius 1 is 1.10 bits per heavy atom. The number of carbonyl (C=O) groups is 1. The predicted octanol–water partition coefficient (Wildman–Crippen LogP) is 3.51. The van der Waals surface area contributed by atoms with Crippen LogP contribution >= 0.6 is 15.9 Å². The maximum absolute atomic E-state index is 11.9. The first-order valence-corrected chi connectivity index (χ1v) is 7.76. The second-order valence-electron chi connectivity index (χ2n) is 5.42. The van der Waals surface area contributed by atoms with Gasteiger partial charge >= 0.3 is 5.97 Å². The Bertz CT molecular complexity index is 535. The monoisotopic (exact) mass is 340 g/mol. The molecule has 1 aromatic carbocycles. The molecule has 0 unspecified atom stereocenters. The molecule has 1 saturated carbocycles. The van der Waals surface area contributed by atoms with E-state index in [-0.39, 0.29) is 0 Å². The van der Waals surface area contributed by atoms with Gasteiger partial charge in [0, 0.05) is 4.47 Å². The molecule has 3 rings (SSSR count). The molecule has 2 aliphatic rings. The lowest BCUT2D eigenvalue weighted by Crippen LogP contribution is -2.38. The molecule has 0 spiro atoms. The van der Waals surface area contributed by atoms with Crippen molar-refractivity contribution in [2.45, 2.75) is 37.5 Å². The molecule has 1 aromatic rings. The van der Waals surface area contributed by atoms with E-state index in [0.29, 0.717) is 37.6 Å². The summed E-state index contributed by atoms with van der Waals surface area (Å²) in [5.41, 5.74) is 0.0152. The molecule has 0 atom stereocenters. The van der Waals surface area contributed by atoms with Crippen LogP contribution in [0.4, 0.5) is 0 Å². The zero-order chi connectivity index (χ0) is 14.2. The zero-order valence-corrected chi connectivity index (χ0v) is 12.7. The van der Waals surface area contributed by atoms with Gasteiger partial charge in [0.25, 0.3) is 0 Å². The molecule has 5 heteroatoms. The number of aliphatic carboxylic acids is 1. The van der Waals surface area contributed by atoms with Crippen molar-refractivity contribution in [3.05, 3.63) is 22.2 Å². The number of carboxylic acids is 1. The van der Waals surface area contributed by atoms with Gasteiger partial charge in [-0.1, -0.05) is 35.2 Å². The van der Waals surface area contributed by atoms with Crippen molar-refractivity contribution in [1.29, 1.82) is 0 Å². The molecule has 0 radical (unpaired) electrons. The molecule has 20 heavy (non-hydrogen) atoms. The van der Waals surface area contributed by atoms with Crippen molar-refractivity contribution in [2.75, 3.05) is 13.2 Å². The Hall–Kier alpha value is -1.23. The Morgan fingerprint density at radius 2 is 1.70 bits per heavy atom. The van der Waals surface area contributed by atoms with E-state index in [1.54, 1.807) is 0 Å². The van der Waals surface area contributed by atoms with E-state index in [1.807, 2.05) is 12.1 Å². The summed E-state index contributed by atoms with van der Waals surface area (Å²) < 4.78 is 11.9. The number of hydrogen-bond acceptors (Lipinski definition) is 3. The minimum atomic E-state index is -0.799. The summed E-state index contributed by atoms with van der Waals surface area (Å²) in [6, 6.07) is 3.68. The lowest BCUT2D eigenvalue weighted by Gasteiger charge is -2.35. The number of hydrogen-bond donors (Lipinski definition) is 1. The Morgan fingerprint density at radius 3 is 2.30 bits per heavy atom. The summed E-state index contributed by atoms with van der Waals surface area (Å²) in [4.78, 5) is 11.9. The lowest BCUT2D eigenvalue weighted by molar-refractivity contribution is -0.145. The van der Waals surface area contributed by atoms with E-state index in [2.05, 4.69) is 15.9 Å². The second kappa shape index (κ2) is 5.28. The van der Waals surface area contributed by atoms with E-state index in [4.69, 9.17) is 9.47 Å². The third-order valence-corrected chi connectivity index (χ3v) is 4.92. The number of benzene rings is 1. The van der Waals surface area contributed by atoms with E-state index in [9.17, 15) is 9.90 Å². The molecule has 0 bridgehead atoms. The van der Waals surface area contributed by atoms with Gasteiger partial charge in [-0.05, 0) is 30.5 Å². The summed E-state index contributed by atoms with van der Waals surface area (Å²) >= 11 is 3.52. The maximum atomic E-state index is 11.9. The van der Waals surface area contributed by atoms with Crippen molar-refractivity contribution in [1.82, 2.24) is 0 Å². The zero-order valence-electron chi connectivity index (χ0n) is 11.2. The Labute approximate surface area is 126 Å². The third kappa shape index (κ3) is 2.18. The van der Waals surface area contributed by atoms with Crippen LogP contribution in [0.2, 0.25) is 0 Å².